The molecule has 0 aromatic carbocycles. The summed E-state index contributed by atoms with van der Waals surface area (Å²) in [6.45, 7) is 4.07. The molecule has 0 rings (SSSR count). The van der Waals surface area contributed by atoms with E-state index < -0.39 is 6.10 Å². The van der Waals surface area contributed by atoms with Gasteiger partial charge in [0.15, 0.2) is 6.10 Å². The first kappa shape index (κ1) is 45.9. The van der Waals surface area contributed by atoms with Crippen molar-refractivity contribution in [3.63, 3.8) is 0 Å². The van der Waals surface area contributed by atoms with Gasteiger partial charge in [0.2, 0.25) is 0 Å². The zero-order valence-electron chi connectivity index (χ0n) is 31.5. The lowest BCUT2D eigenvalue weighted by Crippen LogP contribution is -2.28. The molecule has 0 aliphatic carbocycles. The highest BCUT2D eigenvalue weighted by molar-refractivity contribution is 5.70. The molecule has 0 spiro atoms. The first-order valence-electron chi connectivity index (χ1n) is 20.2. The lowest BCUT2D eigenvalue weighted by Gasteiger charge is -2.15. The van der Waals surface area contributed by atoms with E-state index in [4.69, 9.17) is 9.47 Å². The molecule has 0 aromatic rings. The lowest BCUT2D eigenvalue weighted by atomic mass is 10.1. The molecule has 0 saturated carbocycles. The van der Waals surface area contributed by atoms with Crippen LogP contribution in [0.15, 0.2) is 48.6 Å². The summed E-state index contributed by atoms with van der Waals surface area (Å²) in [5.74, 6) is -0.609. The van der Waals surface area contributed by atoms with E-state index in [0.29, 0.717) is 12.8 Å². The summed E-state index contributed by atoms with van der Waals surface area (Å²) in [6.07, 6.45) is 48.8. The van der Waals surface area contributed by atoms with Crippen LogP contribution < -0.4 is 0 Å². The molecular formula is C43H76O5. The Kier molecular flexibility index (Phi) is 37.5. The van der Waals surface area contributed by atoms with E-state index in [0.717, 1.165) is 64.2 Å². The first-order chi connectivity index (χ1) is 23.6. The van der Waals surface area contributed by atoms with E-state index in [-0.39, 0.29) is 25.2 Å². The number of allylic oxidation sites excluding steroid dienone is 8. The topological polar surface area (TPSA) is 72.8 Å². The highest BCUT2D eigenvalue weighted by Gasteiger charge is 2.16. The minimum atomic E-state index is -0.779. The number of rotatable bonds is 36. The minimum absolute atomic E-state index is 0.0737. The van der Waals surface area contributed by atoms with Crippen molar-refractivity contribution in [2.45, 2.75) is 200 Å². The molecule has 0 aliphatic heterocycles. The Bertz CT molecular complexity index is 812. The van der Waals surface area contributed by atoms with Gasteiger partial charge in [0.1, 0.15) is 6.61 Å². The molecule has 1 unspecified atom stereocenters. The van der Waals surface area contributed by atoms with Gasteiger partial charge in [-0.15, -0.1) is 0 Å². The van der Waals surface area contributed by atoms with Gasteiger partial charge < -0.3 is 14.6 Å². The van der Waals surface area contributed by atoms with Crippen molar-refractivity contribution in [2.75, 3.05) is 13.2 Å². The largest absolute Gasteiger partial charge is 0.462 e. The van der Waals surface area contributed by atoms with Crippen LogP contribution in [-0.2, 0) is 19.1 Å². The van der Waals surface area contributed by atoms with Gasteiger partial charge in [0, 0.05) is 12.8 Å². The summed E-state index contributed by atoms with van der Waals surface area (Å²) >= 11 is 0. The van der Waals surface area contributed by atoms with E-state index >= 15 is 0 Å². The quantitative estimate of drug-likeness (QED) is 0.0407. The van der Waals surface area contributed by atoms with Gasteiger partial charge >= 0.3 is 11.9 Å². The number of unbranched alkanes of at least 4 members (excludes halogenated alkanes) is 20. The van der Waals surface area contributed by atoms with Crippen molar-refractivity contribution in [1.82, 2.24) is 0 Å². The molecular weight excluding hydrogens is 596 g/mol. The fraction of sp³-hybridized carbons (Fsp3) is 0.767. The zero-order chi connectivity index (χ0) is 35.0. The summed E-state index contributed by atoms with van der Waals surface area (Å²) in [5.41, 5.74) is 0. The smallest absolute Gasteiger partial charge is 0.306 e. The fourth-order valence-electron chi connectivity index (χ4n) is 5.50. The van der Waals surface area contributed by atoms with Crippen molar-refractivity contribution >= 4 is 11.9 Å². The van der Waals surface area contributed by atoms with Crippen LogP contribution in [0.4, 0.5) is 0 Å². The molecule has 48 heavy (non-hydrogen) atoms. The average molecular weight is 673 g/mol. The maximum absolute atomic E-state index is 12.2. The lowest BCUT2D eigenvalue weighted by molar-refractivity contribution is -0.161. The van der Waals surface area contributed by atoms with Gasteiger partial charge in [-0.1, -0.05) is 152 Å². The SMILES string of the molecule is CCCCC/C=C\C/C=C\CCCCCCCCCC(=O)OCC(CO)OC(=O)CCCCCCCCC/C=C\C/C=C\CCCCC. The number of esters is 2. The molecule has 0 aromatic heterocycles. The van der Waals surface area contributed by atoms with E-state index in [1.54, 1.807) is 0 Å². The van der Waals surface area contributed by atoms with Crippen molar-refractivity contribution in [3.8, 4) is 0 Å². The van der Waals surface area contributed by atoms with Crippen LogP contribution in [0.3, 0.4) is 0 Å². The van der Waals surface area contributed by atoms with Gasteiger partial charge in [-0.3, -0.25) is 9.59 Å². The number of hydrogen-bond donors (Lipinski definition) is 1. The van der Waals surface area contributed by atoms with Crippen LogP contribution in [0, 0.1) is 0 Å². The van der Waals surface area contributed by atoms with Crippen LogP contribution in [0.2, 0.25) is 0 Å². The summed E-state index contributed by atoms with van der Waals surface area (Å²) in [6, 6.07) is 0. The summed E-state index contributed by atoms with van der Waals surface area (Å²) in [5, 5.41) is 9.56. The number of carbonyl (C=O) groups is 2. The molecule has 278 valence electrons. The average Bonchev–Trinajstić information content (AvgIpc) is 3.09. The predicted octanol–water partition coefficient (Wildman–Crippen LogP) is 12.6. The van der Waals surface area contributed by atoms with E-state index in [1.165, 1.54) is 103 Å². The molecule has 5 heteroatoms. The van der Waals surface area contributed by atoms with Gasteiger partial charge in [-0.2, -0.15) is 0 Å². The molecule has 0 radical (unpaired) electrons. The van der Waals surface area contributed by atoms with Crippen LogP contribution in [-0.4, -0.2) is 36.4 Å². The van der Waals surface area contributed by atoms with E-state index in [2.05, 4.69) is 62.5 Å². The number of aliphatic hydroxyl groups is 1. The van der Waals surface area contributed by atoms with Crippen molar-refractivity contribution in [2.24, 2.45) is 0 Å². The highest BCUT2D eigenvalue weighted by atomic mass is 16.6. The second-order valence-electron chi connectivity index (χ2n) is 13.4. The van der Waals surface area contributed by atoms with E-state index in [1.807, 2.05) is 0 Å². The highest BCUT2D eigenvalue weighted by Crippen LogP contribution is 2.13. The standard InChI is InChI=1S/C43H76O5/c1-3-5-7-9-11-13-15-17-19-21-23-25-27-29-31-33-35-37-42(45)47-40-41(39-44)48-43(46)38-36-34-32-30-28-26-24-22-20-18-16-14-12-10-8-6-4-2/h11-14,17-20,41,44H,3-10,15-16,21-40H2,1-2H3/b13-11-,14-12-,19-17-,20-18-. The molecule has 5 nitrogen and oxygen atoms in total. The van der Waals surface area contributed by atoms with E-state index in [9.17, 15) is 14.7 Å². The second-order valence-corrected chi connectivity index (χ2v) is 13.4. The van der Waals surface area contributed by atoms with Crippen molar-refractivity contribution < 1.29 is 24.2 Å². The molecule has 0 saturated heterocycles. The molecule has 0 fully saturated rings. The minimum Gasteiger partial charge on any atom is -0.462 e. The third-order valence-corrected chi connectivity index (χ3v) is 8.60. The van der Waals surface area contributed by atoms with Crippen LogP contribution >= 0.6 is 0 Å². The third-order valence-electron chi connectivity index (χ3n) is 8.60. The number of ether oxygens (including phenoxy) is 2. The molecule has 1 N–H and O–H groups in total. The summed E-state index contributed by atoms with van der Waals surface area (Å²) in [7, 11) is 0. The third kappa shape index (κ3) is 36.7. The molecule has 0 bridgehead atoms. The molecule has 1 atom stereocenters. The number of carbonyl (C=O) groups excluding carboxylic acids is 2. The normalized spacial score (nSPS) is 12.6. The van der Waals surface area contributed by atoms with Gasteiger partial charge in [0.05, 0.1) is 6.61 Å². The van der Waals surface area contributed by atoms with Crippen molar-refractivity contribution in [1.29, 1.82) is 0 Å². The Balaban J connectivity index is 3.58. The van der Waals surface area contributed by atoms with Crippen molar-refractivity contribution in [3.05, 3.63) is 48.6 Å². The fourth-order valence-corrected chi connectivity index (χ4v) is 5.50. The molecule has 0 aliphatic rings. The van der Waals surface area contributed by atoms with Gasteiger partial charge in [0.25, 0.3) is 0 Å². The zero-order valence-corrected chi connectivity index (χ0v) is 31.5. The second kappa shape index (κ2) is 39.3. The molecule has 0 amide bonds. The van der Waals surface area contributed by atoms with Gasteiger partial charge in [-0.05, 0) is 77.0 Å². The molecule has 0 heterocycles. The Morgan fingerprint density at radius 1 is 0.479 bits per heavy atom. The van der Waals surface area contributed by atoms with Crippen LogP contribution in [0.25, 0.3) is 0 Å². The van der Waals surface area contributed by atoms with Crippen LogP contribution in [0.5, 0.6) is 0 Å². The number of hydrogen-bond acceptors (Lipinski definition) is 5. The Hall–Kier alpha value is -2.14. The predicted molar refractivity (Wildman–Crippen MR) is 205 cm³/mol. The summed E-state index contributed by atoms with van der Waals surface area (Å²) < 4.78 is 10.6. The first-order valence-corrected chi connectivity index (χ1v) is 20.2. The maximum atomic E-state index is 12.2. The maximum Gasteiger partial charge on any atom is 0.306 e. The number of aliphatic hydroxyl groups excluding tert-OH is 1. The Labute approximate surface area is 297 Å². The monoisotopic (exact) mass is 673 g/mol. The summed E-state index contributed by atoms with van der Waals surface area (Å²) in [4.78, 5) is 24.3. The van der Waals surface area contributed by atoms with Crippen LogP contribution in [0.1, 0.15) is 194 Å². The Morgan fingerprint density at radius 2 is 0.833 bits per heavy atom. The van der Waals surface area contributed by atoms with Gasteiger partial charge in [-0.25, -0.2) is 0 Å². The Morgan fingerprint density at radius 3 is 1.23 bits per heavy atom.